The molecule has 1 rings (SSSR count). The Labute approximate surface area is 76.5 Å². The number of nitrogen functional groups attached to an aromatic ring is 1. The van der Waals surface area contributed by atoms with Crippen molar-refractivity contribution >= 4 is 17.7 Å². The lowest BCUT2D eigenvalue weighted by atomic mass is 10.1. The van der Waals surface area contributed by atoms with Gasteiger partial charge in [-0.25, -0.2) is 4.79 Å². The van der Waals surface area contributed by atoms with Crippen LogP contribution in [0.4, 0.5) is 5.69 Å². The summed E-state index contributed by atoms with van der Waals surface area (Å²) in [6, 6.07) is 5.47. The van der Waals surface area contributed by atoms with E-state index >= 15 is 0 Å². The molecule has 0 unspecified atom stereocenters. The van der Waals surface area contributed by atoms with Crippen LogP contribution in [0.5, 0.6) is 0 Å². The predicted octanol–water partition coefficient (Wildman–Crippen LogP) is 1.68. The highest BCUT2D eigenvalue weighted by Crippen LogP contribution is 2.17. The predicted molar refractivity (Wildman–Crippen MR) is 52.3 cm³/mol. The van der Waals surface area contributed by atoms with Crippen LogP contribution in [0.3, 0.4) is 0 Å². The van der Waals surface area contributed by atoms with Crippen molar-refractivity contribution in [2.45, 2.75) is 6.92 Å². The quantitative estimate of drug-likeness (QED) is 0.533. The van der Waals surface area contributed by atoms with E-state index in [0.29, 0.717) is 5.69 Å². The monoisotopic (exact) mass is 177 g/mol. The van der Waals surface area contributed by atoms with E-state index in [1.165, 1.54) is 6.08 Å². The number of nitrogens with two attached hydrogens (primary N) is 1. The minimum Gasteiger partial charge on any atom is -0.478 e. The molecule has 0 spiro atoms. The molecule has 3 heteroatoms. The van der Waals surface area contributed by atoms with Crippen molar-refractivity contribution in [3.63, 3.8) is 0 Å². The van der Waals surface area contributed by atoms with Gasteiger partial charge in [-0.2, -0.15) is 0 Å². The van der Waals surface area contributed by atoms with Crippen molar-refractivity contribution in [2.75, 3.05) is 5.73 Å². The zero-order valence-corrected chi connectivity index (χ0v) is 7.32. The summed E-state index contributed by atoms with van der Waals surface area (Å²) in [6.07, 6.45) is 2.59. The minimum atomic E-state index is -0.970. The third kappa shape index (κ3) is 2.33. The maximum absolute atomic E-state index is 10.3. The van der Waals surface area contributed by atoms with Gasteiger partial charge in [0, 0.05) is 17.3 Å². The second-order valence-electron chi connectivity index (χ2n) is 2.75. The number of carboxylic acids is 1. The number of hydrogen-bond acceptors (Lipinski definition) is 2. The molecule has 0 aliphatic carbocycles. The third-order valence-electron chi connectivity index (χ3n) is 1.75. The normalized spacial score (nSPS) is 10.5. The number of benzene rings is 1. The summed E-state index contributed by atoms with van der Waals surface area (Å²) in [7, 11) is 0. The SMILES string of the molecule is Cc1cccc(N)c1/C=C/C(=O)O. The van der Waals surface area contributed by atoms with E-state index in [-0.39, 0.29) is 0 Å². The summed E-state index contributed by atoms with van der Waals surface area (Å²) in [5.74, 6) is -0.970. The molecule has 3 N–H and O–H groups in total. The first-order valence-corrected chi connectivity index (χ1v) is 3.87. The van der Waals surface area contributed by atoms with E-state index in [1.807, 2.05) is 19.1 Å². The number of aliphatic carboxylic acids is 1. The highest BCUT2D eigenvalue weighted by atomic mass is 16.4. The molecule has 0 saturated carbocycles. The van der Waals surface area contributed by atoms with Crippen LogP contribution >= 0.6 is 0 Å². The molecule has 0 aromatic heterocycles. The molecule has 0 bridgehead atoms. The van der Waals surface area contributed by atoms with Crippen LogP contribution in [0.2, 0.25) is 0 Å². The van der Waals surface area contributed by atoms with E-state index < -0.39 is 5.97 Å². The van der Waals surface area contributed by atoms with Crippen molar-refractivity contribution in [3.05, 3.63) is 35.4 Å². The third-order valence-corrected chi connectivity index (χ3v) is 1.75. The van der Waals surface area contributed by atoms with E-state index in [0.717, 1.165) is 17.2 Å². The number of carboxylic acid groups (broad SMARTS) is 1. The topological polar surface area (TPSA) is 63.3 Å². The fourth-order valence-corrected chi connectivity index (χ4v) is 1.09. The smallest absolute Gasteiger partial charge is 0.328 e. The molecule has 0 aliphatic rings. The summed E-state index contributed by atoms with van der Waals surface area (Å²) in [5.41, 5.74) is 8.00. The van der Waals surface area contributed by atoms with Gasteiger partial charge >= 0.3 is 5.97 Å². The van der Waals surface area contributed by atoms with Crippen LogP contribution in [-0.4, -0.2) is 11.1 Å². The van der Waals surface area contributed by atoms with Crippen LogP contribution in [0, 0.1) is 6.92 Å². The minimum absolute atomic E-state index is 0.595. The van der Waals surface area contributed by atoms with Gasteiger partial charge in [0.2, 0.25) is 0 Å². The van der Waals surface area contributed by atoms with Gasteiger partial charge in [-0.3, -0.25) is 0 Å². The van der Waals surface area contributed by atoms with Crippen LogP contribution in [0.1, 0.15) is 11.1 Å². The number of hydrogen-bond donors (Lipinski definition) is 2. The summed E-state index contributed by atoms with van der Waals surface area (Å²) in [6.45, 7) is 1.89. The van der Waals surface area contributed by atoms with Crippen LogP contribution in [-0.2, 0) is 4.79 Å². The first-order valence-electron chi connectivity index (χ1n) is 3.87. The molecule has 0 fully saturated rings. The van der Waals surface area contributed by atoms with Crippen LogP contribution in [0.25, 0.3) is 6.08 Å². The summed E-state index contributed by atoms with van der Waals surface area (Å²) >= 11 is 0. The Kier molecular flexibility index (Phi) is 2.69. The van der Waals surface area contributed by atoms with Crippen molar-refractivity contribution in [3.8, 4) is 0 Å². The summed E-state index contributed by atoms with van der Waals surface area (Å²) < 4.78 is 0. The van der Waals surface area contributed by atoms with E-state index in [4.69, 9.17) is 10.8 Å². The van der Waals surface area contributed by atoms with E-state index in [2.05, 4.69) is 0 Å². The molecule has 1 aromatic rings. The van der Waals surface area contributed by atoms with Gasteiger partial charge < -0.3 is 10.8 Å². The first-order chi connectivity index (χ1) is 6.11. The Balaban J connectivity index is 3.06. The van der Waals surface area contributed by atoms with Gasteiger partial charge in [-0.05, 0) is 24.6 Å². The van der Waals surface area contributed by atoms with Crippen molar-refractivity contribution in [1.82, 2.24) is 0 Å². The van der Waals surface area contributed by atoms with Gasteiger partial charge in [0.1, 0.15) is 0 Å². The number of carbonyl (C=O) groups is 1. The first kappa shape index (κ1) is 9.32. The zero-order valence-electron chi connectivity index (χ0n) is 7.32. The van der Waals surface area contributed by atoms with Gasteiger partial charge in [0.15, 0.2) is 0 Å². The molecule has 0 heterocycles. The number of aryl methyl sites for hydroxylation is 1. The van der Waals surface area contributed by atoms with Crippen molar-refractivity contribution in [1.29, 1.82) is 0 Å². The maximum atomic E-state index is 10.3. The van der Waals surface area contributed by atoms with Crippen LogP contribution in [0.15, 0.2) is 24.3 Å². The lowest BCUT2D eigenvalue weighted by Gasteiger charge is -2.02. The van der Waals surface area contributed by atoms with Gasteiger partial charge in [-0.15, -0.1) is 0 Å². The van der Waals surface area contributed by atoms with Crippen molar-refractivity contribution < 1.29 is 9.90 Å². The van der Waals surface area contributed by atoms with Gasteiger partial charge in [-0.1, -0.05) is 12.1 Å². The standard InChI is InChI=1S/C10H11NO2/c1-7-3-2-4-9(11)8(7)5-6-10(12)13/h2-6H,11H2,1H3,(H,12,13)/b6-5+. The molecular weight excluding hydrogens is 166 g/mol. The molecule has 0 atom stereocenters. The number of rotatable bonds is 2. The zero-order chi connectivity index (χ0) is 9.84. The molecule has 1 aromatic carbocycles. The largest absolute Gasteiger partial charge is 0.478 e. The molecule has 0 amide bonds. The molecule has 13 heavy (non-hydrogen) atoms. The Hall–Kier alpha value is -1.77. The molecule has 0 saturated heterocycles. The average molecular weight is 177 g/mol. The van der Waals surface area contributed by atoms with Crippen LogP contribution < -0.4 is 5.73 Å². The maximum Gasteiger partial charge on any atom is 0.328 e. The Morgan fingerprint density at radius 3 is 2.77 bits per heavy atom. The second-order valence-corrected chi connectivity index (χ2v) is 2.75. The fraction of sp³-hybridized carbons (Fsp3) is 0.100. The highest BCUT2D eigenvalue weighted by Gasteiger charge is 1.98. The molecule has 0 aliphatic heterocycles. The Morgan fingerprint density at radius 1 is 1.54 bits per heavy atom. The lowest BCUT2D eigenvalue weighted by molar-refractivity contribution is -0.131. The Bertz CT molecular complexity index is 336. The summed E-state index contributed by atoms with van der Waals surface area (Å²) in [4.78, 5) is 10.3. The summed E-state index contributed by atoms with van der Waals surface area (Å²) in [5, 5.41) is 8.43. The molecular formula is C10H11NO2. The average Bonchev–Trinajstić information content (AvgIpc) is 2.03. The van der Waals surface area contributed by atoms with Crippen molar-refractivity contribution in [2.24, 2.45) is 0 Å². The molecule has 68 valence electrons. The highest BCUT2D eigenvalue weighted by molar-refractivity contribution is 5.87. The van der Waals surface area contributed by atoms with E-state index in [1.54, 1.807) is 6.07 Å². The fourth-order valence-electron chi connectivity index (χ4n) is 1.09. The second kappa shape index (κ2) is 3.76. The van der Waals surface area contributed by atoms with E-state index in [9.17, 15) is 4.79 Å². The molecule has 3 nitrogen and oxygen atoms in total. The Morgan fingerprint density at radius 2 is 2.23 bits per heavy atom. The lowest BCUT2D eigenvalue weighted by Crippen LogP contribution is -1.93. The molecule has 0 radical (unpaired) electrons. The van der Waals surface area contributed by atoms with Gasteiger partial charge in [0.05, 0.1) is 0 Å². The van der Waals surface area contributed by atoms with Gasteiger partial charge in [0.25, 0.3) is 0 Å². The number of anilines is 1.